The molecule has 0 saturated heterocycles. The van der Waals surface area contributed by atoms with Crippen molar-refractivity contribution < 1.29 is 19.1 Å². The summed E-state index contributed by atoms with van der Waals surface area (Å²) in [6.45, 7) is 8.74. The van der Waals surface area contributed by atoms with E-state index in [1.807, 2.05) is 56.3 Å². The lowest BCUT2D eigenvalue weighted by Crippen LogP contribution is -2.29. The maximum absolute atomic E-state index is 12.0. The third kappa shape index (κ3) is 8.09. The monoisotopic (exact) mass is 410 g/mol. The largest absolute Gasteiger partial charge is 0.484 e. The first kappa shape index (κ1) is 23.2. The summed E-state index contributed by atoms with van der Waals surface area (Å²) in [7, 11) is 1.66. The summed E-state index contributed by atoms with van der Waals surface area (Å²) in [6.07, 6.45) is 0.618. The average Bonchev–Trinajstić information content (AvgIpc) is 2.73. The van der Waals surface area contributed by atoms with Gasteiger partial charge in [0.1, 0.15) is 5.75 Å². The highest BCUT2D eigenvalue weighted by atomic mass is 16.5. The maximum atomic E-state index is 12.0. The molecule has 0 aliphatic rings. The second-order valence-electron chi connectivity index (χ2n) is 7.21. The number of carbonyl (C=O) groups is 2. The number of carbonyl (C=O) groups excluding carboxylic acids is 2. The Morgan fingerprint density at radius 1 is 0.933 bits per heavy atom. The van der Waals surface area contributed by atoms with Crippen LogP contribution in [-0.4, -0.2) is 25.5 Å². The van der Waals surface area contributed by atoms with Crippen molar-refractivity contribution in [1.29, 1.82) is 0 Å². The molecule has 0 heterocycles. The van der Waals surface area contributed by atoms with Crippen molar-refractivity contribution in [3.8, 4) is 5.75 Å². The van der Waals surface area contributed by atoms with E-state index in [4.69, 9.17) is 9.47 Å². The first-order valence-corrected chi connectivity index (χ1v) is 9.88. The summed E-state index contributed by atoms with van der Waals surface area (Å²) in [5.74, 6) is 0.251. The predicted molar refractivity (Wildman–Crippen MR) is 117 cm³/mol. The lowest BCUT2D eigenvalue weighted by molar-refractivity contribution is -0.123. The van der Waals surface area contributed by atoms with Crippen molar-refractivity contribution in [1.82, 2.24) is 10.6 Å². The molecule has 0 aromatic heterocycles. The fourth-order valence-electron chi connectivity index (χ4n) is 2.72. The molecule has 6 nitrogen and oxygen atoms in total. The number of ether oxygens (including phenoxy) is 2. The van der Waals surface area contributed by atoms with Crippen molar-refractivity contribution in [2.45, 2.75) is 39.8 Å². The van der Waals surface area contributed by atoms with Gasteiger partial charge in [-0.3, -0.25) is 9.59 Å². The zero-order valence-corrected chi connectivity index (χ0v) is 17.9. The van der Waals surface area contributed by atoms with Crippen molar-refractivity contribution in [3.05, 3.63) is 77.0 Å². The number of benzene rings is 2. The molecular formula is C24H30N2O4. The van der Waals surface area contributed by atoms with E-state index in [1.165, 1.54) is 5.56 Å². The Morgan fingerprint density at radius 3 is 2.30 bits per heavy atom. The summed E-state index contributed by atoms with van der Waals surface area (Å²) in [4.78, 5) is 24.0. The second kappa shape index (κ2) is 11.8. The predicted octanol–water partition coefficient (Wildman–Crippen LogP) is 3.56. The van der Waals surface area contributed by atoms with Gasteiger partial charge in [0.05, 0.1) is 6.61 Å². The van der Waals surface area contributed by atoms with Gasteiger partial charge in [-0.2, -0.15) is 0 Å². The molecule has 0 atom stereocenters. The molecule has 0 saturated carbocycles. The highest BCUT2D eigenvalue weighted by molar-refractivity contribution is 5.80. The van der Waals surface area contributed by atoms with E-state index < -0.39 is 0 Å². The van der Waals surface area contributed by atoms with Crippen LogP contribution in [0.2, 0.25) is 0 Å². The van der Waals surface area contributed by atoms with Crippen LogP contribution >= 0.6 is 0 Å². The molecule has 0 aliphatic carbocycles. The van der Waals surface area contributed by atoms with Crippen LogP contribution in [0.1, 0.15) is 35.1 Å². The standard InChI is InChI=1S/C24H30N2O4/c1-17-5-11-22(13-18(17)2)30-16-24(28)26-19(3)6-12-23(27)25-14-20-7-9-21(10-8-20)15-29-4/h5,7-11,13H,3,6,12,14-16H2,1-2,4H3,(H,25,27)(H,26,28). The van der Waals surface area contributed by atoms with E-state index in [0.717, 1.165) is 16.7 Å². The third-order valence-corrected chi connectivity index (χ3v) is 4.64. The number of allylic oxidation sites excluding steroid dienone is 1. The minimum Gasteiger partial charge on any atom is -0.484 e. The van der Waals surface area contributed by atoms with E-state index in [9.17, 15) is 9.59 Å². The van der Waals surface area contributed by atoms with Gasteiger partial charge in [-0.25, -0.2) is 0 Å². The van der Waals surface area contributed by atoms with Crippen LogP contribution < -0.4 is 15.4 Å². The number of hydrogen-bond donors (Lipinski definition) is 2. The normalized spacial score (nSPS) is 10.4. The molecule has 0 unspecified atom stereocenters. The molecule has 0 bridgehead atoms. The first-order chi connectivity index (χ1) is 14.4. The highest BCUT2D eigenvalue weighted by Crippen LogP contribution is 2.16. The lowest BCUT2D eigenvalue weighted by Gasteiger charge is -2.11. The topological polar surface area (TPSA) is 76.7 Å². The molecule has 2 amide bonds. The van der Waals surface area contributed by atoms with Crippen LogP contribution in [0.25, 0.3) is 0 Å². The van der Waals surface area contributed by atoms with Crippen LogP contribution in [0.3, 0.4) is 0 Å². The smallest absolute Gasteiger partial charge is 0.262 e. The van der Waals surface area contributed by atoms with Gasteiger partial charge in [0, 0.05) is 25.8 Å². The Bertz CT molecular complexity index is 875. The molecule has 0 aliphatic heterocycles. The minimum absolute atomic E-state index is 0.0993. The number of methoxy groups -OCH3 is 1. The Hall–Kier alpha value is -3.12. The molecule has 0 spiro atoms. The number of rotatable bonds is 11. The van der Waals surface area contributed by atoms with Gasteiger partial charge in [-0.15, -0.1) is 0 Å². The molecule has 2 rings (SSSR count). The van der Waals surface area contributed by atoms with Crippen molar-refractivity contribution in [2.75, 3.05) is 13.7 Å². The molecular weight excluding hydrogens is 380 g/mol. The fraction of sp³-hybridized carbons (Fsp3) is 0.333. The van der Waals surface area contributed by atoms with Crippen molar-refractivity contribution >= 4 is 11.8 Å². The van der Waals surface area contributed by atoms with Crippen molar-refractivity contribution in [2.24, 2.45) is 0 Å². The summed E-state index contributed by atoms with van der Waals surface area (Å²) < 4.78 is 10.6. The van der Waals surface area contributed by atoms with E-state index in [2.05, 4.69) is 17.2 Å². The zero-order chi connectivity index (χ0) is 21.9. The zero-order valence-electron chi connectivity index (χ0n) is 17.9. The second-order valence-corrected chi connectivity index (χ2v) is 7.21. The molecule has 0 radical (unpaired) electrons. The van der Waals surface area contributed by atoms with Crippen LogP contribution in [-0.2, 0) is 27.5 Å². The van der Waals surface area contributed by atoms with Gasteiger partial charge in [0.15, 0.2) is 6.61 Å². The Balaban J connectivity index is 1.64. The number of aryl methyl sites for hydroxylation is 2. The summed E-state index contributed by atoms with van der Waals surface area (Å²) in [5, 5.41) is 5.54. The van der Waals surface area contributed by atoms with Crippen LogP contribution in [0, 0.1) is 13.8 Å². The van der Waals surface area contributed by atoms with E-state index in [0.29, 0.717) is 31.0 Å². The summed E-state index contributed by atoms with van der Waals surface area (Å²) >= 11 is 0. The number of amides is 2. The first-order valence-electron chi connectivity index (χ1n) is 9.88. The number of hydrogen-bond acceptors (Lipinski definition) is 4. The van der Waals surface area contributed by atoms with Crippen molar-refractivity contribution in [3.63, 3.8) is 0 Å². The van der Waals surface area contributed by atoms with Gasteiger partial charge in [-0.05, 0) is 54.7 Å². The Labute approximate surface area is 178 Å². The Kier molecular flexibility index (Phi) is 9.09. The quantitative estimate of drug-likeness (QED) is 0.594. The molecule has 2 N–H and O–H groups in total. The van der Waals surface area contributed by atoms with Gasteiger partial charge in [0.25, 0.3) is 5.91 Å². The molecule has 30 heavy (non-hydrogen) atoms. The molecule has 2 aromatic rings. The van der Waals surface area contributed by atoms with Crippen LogP contribution in [0.15, 0.2) is 54.7 Å². The van der Waals surface area contributed by atoms with Crippen LogP contribution in [0.5, 0.6) is 5.75 Å². The summed E-state index contributed by atoms with van der Waals surface area (Å²) in [5.41, 5.74) is 4.86. The SMILES string of the molecule is C=C(CCC(=O)NCc1ccc(COC)cc1)NC(=O)COc1ccc(C)c(C)c1. The maximum Gasteiger partial charge on any atom is 0.262 e. The van der Waals surface area contributed by atoms with Gasteiger partial charge < -0.3 is 20.1 Å². The number of nitrogens with one attached hydrogen (secondary N) is 2. The fourth-order valence-corrected chi connectivity index (χ4v) is 2.72. The summed E-state index contributed by atoms with van der Waals surface area (Å²) in [6, 6.07) is 13.6. The average molecular weight is 411 g/mol. The molecule has 160 valence electrons. The van der Waals surface area contributed by atoms with E-state index in [1.54, 1.807) is 7.11 Å². The molecule has 2 aromatic carbocycles. The van der Waals surface area contributed by atoms with Gasteiger partial charge in [0.2, 0.25) is 5.91 Å². The molecule has 6 heteroatoms. The van der Waals surface area contributed by atoms with Gasteiger partial charge in [-0.1, -0.05) is 36.9 Å². The van der Waals surface area contributed by atoms with Gasteiger partial charge >= 0.3 is 0 Å². The van der Waals surface area contributed by atoms with E-state index >= 15 is 0 Å². The Morgan fingerprint density at radius 2 is 1.63 bits per heavy atom. The molecule has 0 fully saturated rings. The lowest BCUT2D eigenvalue weighted by atomic mass is 10.1. The third-order valence-electron chi connectivity index (χ3n) is 4.64. The van der Waals surface area contributed by atoms with Crippen LogP contribution in [0.4, 0.5) is 0 Å². The highest BCUT2D eigenvalue weighted by Gasteiger charge is 2.08. The van der Waals surface area contributed by atoms with E-state index in [-0.39, 0.29) is 24.8 Å². The minimum atomic E-state index is -0.296.